The molecule has 0 radical (unpaired) electrons. The van der Waals surface area contributed by atoms with E-state index in [1.807, 2.05) is 26.0 Å². The summed E-state index contributed by atoms with van der Waals surface area (Å²) in [4.78, 5) is 25.9. The Bertz CT molecular complexity index is 805. The van der Waals surface area contributed by atoms with Gasteiger partial charge in [0.1, 0.15) is 12.3 Å². The molecule has 1 N–H and O–H groups in total. The van der Waals surface area contributed by atoms with E-state index >= 15 is 0 Å². The van der Waals surface area contributed by atoms with Gasteiger partial charge in [-0.2, -0.15) is 0 Å². The number of carbonyl (C=O) groups excluding carboxylic acids is 2. The van der Waals surface area contributed by atoms with Crippen molar-refractivity contribution in [3.63, 3.8) is 0 Å². The molecule has 0 aliphatic carbocycles. The zero-order valence-electron chi connectivity index (χ0n) is 14.7. The summed E-state index contributed by atoms with van der Waals surface area (Å²) in [5.74, 6) is 0.00228. The lowest BCUT2D eigenvalue weighted by atomic mass is 10.1. The minimum atomic E-state index is -0.321. The molecule has 0 spiro atoms. The van der Waals surface area contributed by atoms with E-state index in [0.29, 0.717) is 22.1 Å². The first-order valence-electron chi connectivity index (χ1n) is 7.81. The molecule has 0 atom stereocenters. The zero-order valence-corrected chi connectivity index (χ0v) is 15.5. The first kappa shape index (κ1) is 18.8. The van der Waals surface area contributed by atoms with Gasteiger partial charge in [-0.1, -0.05) is 23.7 Å². The lowest BCUT2D eigenvalue weighted by molar-refractivity contribution is -0.120. The monoisotopic (exact) mass is 360 g/mol. The first-order chi connectivity index (χ1) is 11.8. The number of anilines is 2. The SMILES string of the molecule is COc1ccc(C)cc1NC(=O)CN(C(C)=O)c1cccc(Cl)c1C. The smallest absolute Gasteiger partial charge is 0.244 e. The summed E-state index contributed by atoms with van der Waals surface area (Å²) >= 11 is 6.13. The van der Waals surface area contributed by atoms with Crippen LogP contribution in [-0.2, 0) is 9.59 Å². The van der Waals surface area contributed by atoms with Gasteiger partial charge in [-0.3, -0.25) is 9.59 Å². The van der Waals surface area contributed by atoms with Gasteiger partial charge in [0.25, 0.3) is 0 Å². The number of hydrogen-bond donors (Lipinski definition) is 1. The number of carbonyl (C=O) groups is 2. The van der Waals surface area contributed by atoms with E-state index in [0.717, 1.165) is 11.1 Å². The lowest BCUT2D eigenvalue weighted by Crippen LogP contribution is -2.37. The Balaban J connectivity index is 2.23. The van der Waals surface area contributed by atoms with Gasteiger partial charge in [0.2, 0.25) is 11.8 Å². The number of amides is 2. The van der Waals surface area contributed by atoms with Gasteiger partial charge in [0, 0.05) is 17.6 Å². The number of benzene rings is 2. The topological polar surface area (TPSA) is 58.6 Å². The number of rotatable bonds is 5. The second-order valence-corrected chi connectivity index (χ2v) is 6.15. The van der Waals surface area contributed by atoms with Crippen LogP contribution < -0.4 is 15.0 Å². The van der Waals surface area contributed by atoms with Crippen LogP contribution in [0.15, 0.2) is 36.4 Å². The van der Waals surface area contributed by atoms with Crippen LogP contribution in [0.25, 0.3) is 0 Å². The van der Waals surface area contributed by atoms with Crippen LogP contribution in [0.2, 0.25) is 5.02 Å². The van der Waals surface area contributed by atoms with Crippen molar-refractivity contribution < 1.29 is 14.3 Å². The molecule has 0 aliphatic rings. The highest BCUT2D eigenvalue weighted by Crippen LogP contribution is 2.28. The van der Waals surface area contributed by atoms with Crippen molar-refractivity contribution in [3.05, 3.63) is 52.5 Å². The zero-order chi connectivity index (χ0) is 18.6. The summed E-state index contributed by atoms with van der Waals surface area (Å²) in [5.41, 5.74) is 2.93. The largest absolute Gasteiger partial charge is 0.495 e. The Kier molecular flexibility index (Phi) is 6.04. The van der Waals surface area contributed by atoms with Gasteiger partial charge in [-0.05, 0) is 49.2 Å². The van der Waals surface area contributed by atoms with E-state index in [-0.39, 0.29) is 18.4 Å². The number of aryl methyl sites for hydroxylation is 1. The summed E-state index contributed by atoms with van der Waals surface area (Å²) in [7, 11) is 1.54. The quantitative estimate of drug-likeness (QED) is 0.878. The summed E-state index contributed by atoms with van der Waals surface area (Å²) in [5, 5.41) is 3.35. The summed E-state index contributed by atoms with van der Waals surface area (Å²) in [6.45, 7) is 5.04. The van der Waals surface area contributed by atoms with Crippen LogP contribution in [0.1, 0.15) is 18.1 Å². The van der Waals surface area contributed by atoms with Gasteiger partial charge >= 0.3 is 0 Å². The summed E-state index contributed by atoms with van der Waals surface area (Å²) in [6.07, 6.45) is 0. The summed E-state index contributed by atoms with van der Waals surface area (Å²) in [6, 6.07) is 10.8. The second kappa shape index (κ2) is 8.03. The standard InChI is InChI=1S/C19H21ClN2O3/c1-12-8-9-18(25-4)16(10-12)21-19(24)11-22(14(3)23)17-7-5-6-15(20)13(17)2/h5-10H,11H2,1-4H3,(H,21,24). The minimum Gasteiger partial charge on any atom is -0.495 e. The molecule has 0 bridgehead atoms. The molecular formula is C19H21ClN2O3. The van der Waals surface area contributed by atoms with Crippen molar-refractivity contribution >= 4 is 34.8 Å². The number of ether oxygens (including phenoxy) is 1. The highest BCUT2D eigenvalue weighted by Gasteiger charge is 2.19. The molecule has 0 saturated heterocycles. The average Bonchev–Trinajstić information content (AvgIpc) is 2.55. The molecule has 0 heterocycles. The number of halogens is 1. The maximum atomic E-state index is 12.5. The molecule has 2 aromatic rings. The predicted octanol–water partition coefficient (Wildman–Crippen LogP) is 3.96. The van der Waals surface area contributed by atoms with Crippen molar-refractivity contribution in [1.29, 1.82) is 0 Å². The molecule has 2 aromatic carbocycles. The van der Waals surface area contributed by atoms with E-state index in [1.165, 1.54) is 18.9 Å². The first-order valence-corrected chi connectivity index (χ1v) is 8.19. The van der Waals surface area contributed by atoms with Gasteiger partial charge in [-0.25, -0.2) is 0 Å². The fourth-order valence-corrected chi connectivity index (χ4v) is 2.68. The van der Waals surface area contributed by atoms with Gasteiger partial charge < -0.3 is 15.0 Å². The van der Waals surface area contributed by atoms with E-state index < -0.39 is 0 Å². The van der Waals surface area contributed by atoms with Crippen molar-refractivity contribution in [2.45, 2.75) is 20.8 Å². The van der Waals surface area contributed by atoms with Gasteiger partial charge in [0.15, 0.2) is 0 Å². The van der Waals surface area contributed by atoms with E-state index in [4.69, 9.17) is 16.3 Å². The summed E-state index contributed by atoms with van der Waals surface area (Å²) < 4.78 is 5.26. The van der Waals surface area contributed by atoms with Crippen molar-refractivity contribution in [2.24, 2.45) is 0 Å². The molecule has 2 amide bonds. The van der Waals surface area contributed by atoms with Crippen LogP contribution in [-0.4, -0.2) is 25.5 Å². The Labute approximate surface area is 152 Å². The molecule has 25 heavy (non-hydrogen) atoms. The predicted molar refractivity (Wildman–Crippen MR) is 101 cm³/mol. The fourth-order valence-electron chi connectivity index (χ4n) is 2.51. The highest BCUT2D eigenvalue weighted by molar-refractivity contribution is 6.31. The Morgan fingerprint density at radius 1 is 1.20 bits per heavy atom. The molecule has 0 saturated carbocycles. The number of nitrogens with one attached hydrogen (secondary N) is 1. The molecule has 0 unspecified atom stereocenters. The van der Waals surface area contributed by atoms with Gasteiger partial charge in [0.05, 0.1) is 12.8 Å². The number of hydrogen-bond acceptors (Lipinski definition) is 3. The molecule has 132 valence electrons. The van der Waals surface area contributed by atoms with Crippen molar-refractivity contribution in [2.75, 3.05) is 23.9 Å². The third kappa shape index (κ3) is 4.51. The molecule has 6 heteroatoms. The van der Waals surface area contributed by atoms with Crippen molar-refractivity contribution in [1.82, 2.24) is 0 Å². The molecule has 0 fully saturated rings. The second-order valence-electron chi connectivity index (χ2n) is 5.74. The lowest BCUT2D eigenvalue weighted by Gasteiger charge is -2.23. The van der Waals surface area contributed by atoms with Crippen LogP contribution in [0.4, 0.5) is 11.4 Å². The average molecular weight is 361 g/mol. The molecular weight excluding hydrogens is 340 g/mol. The van der Waals surface area contributed by atoms with Gasteiger partial charge in [-0.15, -0.1) is 0 Å². The third-order valence-electron chi connectivity index (χ3n) is 3.84. The molecule has 5 nitrogen and oxygen atoms in total. The Hall–Kier alpha value is -2.53. The molecule has 0 aliphatic heterocycles. The minimum absolute atomic E-state index is 0.117. The number of methoxy groups -OCH3 is 1. The number of nitrogens with zero attached hydrogens (tertiary/aromatic N) is 1. The van der Waals surface area contributed by atoms with Crippen LogP contribution in [0.3, 0.4) is 0 Å². The Morgan fingerprint density at radius 3 is 2.56 bits per heavy atom. The van der Waals surface area contributed by atoms with Crippen LogP contribution in [0, 0.1) is 13.8 Å². The van der Waals surface area contributed by atoms with Crippen molar-refractivity contribution in [3.8, 4) is 5.75 Å². The maximum absolute atomic E-state index is 12.5. The van der Waals surface area contributed by atoms with E-state index in [2.05, 4.69) is 5.32 Å². The normalized spacial score (nSPS) is 10.3. The maximum Gasteiger partial charge on any atom is 0.244 e. The highest BCUT2D eigenvalue weighted by atomic mass is 35.5. The molecule has 2 rings (SSSR count). The van der Waals surface area contributed by atoms with Crippen LogP contribution in [0.5, 0.6) is 5.75 Å². The third-order valence-corrected chi connectivity index (χ3v) is 4.25. The van der Waals surface area contributed by atoms with Crippen LogP contribution >= 0.6 is 11.6 Å². The van der Waals surface area contributed by atoms with E-state index in [1.54, 1.807) is 24.3 Å². The van der Waals surface area contributed by atoms with E-state index in [9.17, 15) is 9.59 Å². The molecule has 0 aromatic heterocycles. The fraction of sp³-hybridized carbons (Fsp3) is 0.263. The Morgan fingerprint density at radius 2 is 1.92 bits per heavy atom.